The lowest BCUT2D eigenvalue weighted by Crippen LogP contribution is -2.49. The summed E-state index contributed by atoms with van der Waals surface area (Å²) in [5.41, 5.74) is 0. The van der Waals surface area contributed by atoms with E-state index < -0.39 is 0 Å². The van der Waals surface area contributed by atoms with Crippen LogP contribution in [0.5, 0.6) is 0 Å². The SMILES string of the molecule is O=C(CCc1ccco1)NCC(=O)N1CCNCC1. The molecule has 1 aliphatic heterocycles. The lowest BCUT2D eigenvalue weighted by Gasteiger charge is -2.27. The summed E-state index contributed by atoms with van der Waals surface area (Å²) in [7, 11) is 0. The molecule has 1 fully saturated rings. The van der Waals surface area contributed by atoms with Gasteiger partial charge in [-0.2, -0.15) is 0 Å². The van der Waals surface area contributed by atoms with Crippen molar-refractivity contribution >= 4 is 11.8 Å². The van der Waals surface area contributed by atoms with Crippen molar-refractivity contribution in [2.45, 2.75) is 12.8 Å². The Morgan fingerprint density at radius 3 is 2.84 bits per heavy atom. The molecule has 1 aromatic rings. The van der Waals surface area contributed by atoms with Crippen molar-refractivity contribution in [1.29, 1.82) is 0 Å². The van der Waals surface area contributed by atoms with Crippen LogP contribution in [0.15, 0.2) is 22.8 Å². The molecule has 0 aliphatic carbocycles. The van der Waals surface area contributed by atoms with E-state index in [9.17, 15) is 9.59 Å². The van der Waals surface area contributed by atoms with Crippen LogP contribution < -0.4 is 10.6 Å². The maximum absolute atomic E-state index is 11.8. The molecule has 0 saturated carbocycles. The van der Waals surface area contributed by atoms with Crippen molar-refractivity contribution < 1.29 is 14.0 Å². The zero-order valence-corrected chi connectivity index (χ0v) is 10.9. The lowest BCUT2D eigenvalue weighted by atomic mass is 10.2. The number of hydrogen-bond donors (Lipinski definition) is 2. The first kappa shape index (κ1) is 13.6. The van der Waals surface area contributed by atoms with Crippen molar-refractivity contribution in [1.82, 2.24) is 15.5 Å². The Balaban J connectivity index is 1.64. The third-order valence-corrected chi connectivity index (χ3v) is 3.09. The van der Waals surface area contributed by atoms with Crippen molar-refractivity contribution in [3.05, 3.63) is 24.2 Å². The van der Waals surface area contributed by atoms with Crippen molar-refractivity contribution in [2.24, 2.45) is 0 Å². The third-order valence-electron chi connectivity index (χ3n) is 3.09. The van der Waals surface area contributed by atoms with Gasteiger partial charge in [0.25, 0.3) is 0 Å². The van der Waals surface area contributed by atoms with Crippen LogP contribution >= 0.6 is 0 Å². The summed E-state index contributed by atoms with van der Waals surface area (Å²) in [6, 6.07) is 3.63. The van der Waals surface area contributed by atoms with Crippen molar-refractivity contribution in [3.8, 4) is 0 Å². The fraction of sp³-hybridized carbons (Fsp3) is 0.538. The van der Waals surface area contributed by atoms with Gasteiger partial charge in [-0.05, 0) is 12.1 Å². The van der Waals surface area contributed by atoms with Crippen LogP contribution in [0.1, 0.15) is 12.2 Å². The number of amides is 2. The Labute approximate surface area is 112 Å². The van der Waals surface area contributed by atoms with E-state index in [0.29, 0.717) is 25.9 Å². The molecule has 1 aromatic heterocycles. The predicted molar refractivity (Wildman–Crippen MR) is 69.5 cm³/mol. The van der Waals surface area contributed by atoms with Gasteiger partial charge in [0.05, 0.1) is 12.8 Å². The minimum Gasteiger partial charge on any atom is -0.469 e. The highest BCUT2D eigenvalue weighted by atomic mass is 16.3. The molecule has 6 nitrogen and oxygen atoms in total. The van der Waals surface area contributed by atoms with E-state index in [1.54, 1.807) is 17.2 Å². The van der Waals surface area contributed by atoms with Crippen molar-refractivity contribution in [2.75, 3.05) is 32.7 Å². The van der Waals surface area contributed by atoms with Crippen LogP contribution in [0.4, 0.5) is 0 Å². The fourth-order valence-electron chi connectivity index (χ4n) is 1.98. The highest BCUT2D eigenvalue weighted by Gasteiger charge is 2.16. The fourth-order valence-corrected chi connectivity index (χ4v) is 1.98. The smallest absolute Gasteiger partial charge is 0.242 e. The van der Waals surface area contributed by atoms with Crippen molar-refractivity contribution in [3.63, 3.8) is 0 Å². The maximum atomic E-state index is 11.8. The molecule has 1 saturated heterocycles. The summed E-state index contributed by atoms with van der Waals surface area (Å²) < 4.78 is 5.14. The van der Waals surface area contributed by atoms with E-state index in [2.05, 4.69) is 10.6 Å². The summed E-state index contributed by atoms with van der Waals surface area (Å²) in [5, 5.41) is 5.83. The molecular weight excluding hydrogens is 246 g/mol. The first-order valence-corrected chi connectivity index (χ1v) is 6.53. The Hall–Kier alpha value is -1.82. The van der Waals surface area contributed by atoms with E-state index in [1.807, 2.05) is 6.07 Å². The van der Waals surface area contributed by atoms with Crippen LogP contribution in [0.25, 0.3) is 0 Å². The van der Waals surface area contributed by atoms with Gasteiger partial charge >= 0.3 is 0 Å². The Morgan fingerprint density at radius 2 is 2.16 bits per heavy atom. The number of carbonyl (C=O) groups is 2. The molecule has 1 aliphatic rings. The molecule has 0 radical (unpaired) electrons. The number of furan rings is 1. The largest absolute Gasteiger partial charge is 0.469 e. The summed E-state index contributed by atoms with van der Waals surface area (Å²) >= 11 is 0. The average molecular weight is 265 g/mol. The summed E-state index contributed by atoms with van der Waals surface area (Å²) in [6.45, 7) is 3.13. The number of aryl methyl sites for hydroxylation is 1. The van der Waals surface area contributed by atoms with E-state index in [-0.39, 0.29) is 18.4 Å². The van der Waals surface area contributed by atoms with Crippen LogP contribution in [-0.4, -0.2) is 49.4 Å². The van der Waals surface area contributed by atoms with Gasteiger partial charge in [0.15, 0.2) is 0 Å². The summed E-state index contributed by atoms with van der Waals surface area (Å²) in [5.74, 6) is 0.635. The molecular formula is C13H19N3O3. The highest BCUT2D eigenvalue weighted by Crippen LogP contribution is 2.03. The first-order valence-electron chi connectivity index (χ1n) is 6.53. The van der Waals surface area contributed by atoms with Crippen LogP contribution in [0.2, 0.25) is 0 Å². The van der Waals surface area contributed by atoms with Crippen LogP contribution in [-0.2, 0) is 16.0 Å². The van der Waals surface area contributed by atoms with Gasteiger partial charge in [-0.15, -0.1) is 0 Å². The highest BCUT2D eigenvalue weighted by molar-refractivity contribution is 5.84. The van der Waals surface area contributed by atoms with Gasteiger partial charge in [-0.1, -0.05) is 0 Å². The maximum Gasteiger partial charge on any atom is 0.242 e. The topological polar surface area (TPSA) is 74.6 Å². The molecule has 2 N–H and O–H groups in total. The standard InChI is InChI=1S/C13H19N3O3/c17-12(4-3-11-2-1-9-19-11)15-10-13(18)16-7-5-14-6-8-16/h1-2,9,14H,3-8,10H2,(H,15,17). The van der Waals surface area contributed by atoms with E-state index in [1.165, 1.54) is 0 Å². The molecule has 104 valence electrons. The number of rotatable bonds is 5. The predicted octanol–water partition coefficient (Wildman–Crippen LogP) is -0.240. The van der Waals surface area contributed by atoms with Gasteiger partial charge in [-0.25, -0.2) is 0 Å². The lowest BCUT2D eigenvalue weighted by molar-refractivity contribution is -0.133. The number of piperazine rings is 1. The molecule has 6 heteroatoms. The molecule has 2 amide bonds. The number of nitrogens with zero attached hydrogens (tertiary/aromatic N) is 1. The Morgan fingerprint density at radius 1 is 1.37 bits per heavy atom. The molecule has 0 spiro atoms. The zero-order chi connectivity index (χ0) is 13.5. The number of nitrogens with one attached hydrogen (secondary N) is 2. The Bertz CT molecular complexity index is 411. The monoisotopic (exact) mass is 265 g/mol. The van der Waals surface area contributed by atoms with E-state index in [0.717, 1.165) is 18.8 Å². The molecule has 2 rings (SSSR count). The van der Waals surface area contributed by atoms with Gasteiger partial charge in [-0.3, -0.25) is 9.59 Å². The van der Waals surface area contributed by atoms with Gasteiger partial charge < -0.3 is 20.0 Å². The Kier molecular flexibility index (Phi) is 4.97. The third kappa shape index (κ3) is 4.40. The number of hydrogen-bond acceptors (Lipinski definition) is 4. The van der Waals surface area contributed by atoms with Gasteiger partial charge in [0.1, 0.15) is 5.76 Å². The van der Waals surface area contributed by atoms with E-state index >= 15 is 0 Å². The average Bonchev–Trinajstić information content (AvgIpc) is 2.96. The second-order valence-electron chi connectivity index (χ2n) is 4.49. The van der Waals surface area contributed by atoms with Crippen LogP contribution in [0.3, 0.4) is 0 Å². The quantitative estimate of drug-likeness (QED) is 0.770. The first-order chi connectivity index (χ1) is 9.25. The molecule has 0 bridgehead atoms. The molecule has 0 aromatic carbocycles. The molecule has 0 atom stereocenters. The normalized spacial score (nSPS) is 15.3. The molecule has 2 heterocycles. The van der Waals surface area contributed by atoms with Crippen LogP contribution in [0, 0.1) is 0 Å². The van der Waals surface area contributed by atoms with Gasteiger partial charge in [0.2, 0.25) is 11.8 Å². The molecule has 0 unspecified atom stereocenters. The minimum absolute atomic E-state index is 0.0205. The molecule has 19 heavy (non-hydrogen) atoms. The zero-order valence-electron chi connectivity index (χ0n) is 10.9. The number of carbonyl (C=O) groups excluding carboxylic acids is 2. The second-order valence-corrected chi connectivity index (χ2v) is 4.49. The summed E-state index contributed by atoms with van der Waals surface area (Å²) in [4.78, 5) is 25.2. The minimum atomic E-state index is -0.125. The second kappa shape index (κ2) is 6.94. The van der Waals surface area contributed by atoms with E-state index in [4.69, 9.17) is 4.42 Å². The summed E-state index contributed by atoms with van der Waals surface area (Å²) in [6.07, 6.45) is 2.48. The van der Waals surface area contributed by atoms with Gasteiger partial charge in [0, 0.05) is 39.0 Å².